The summed E-state index contributed by atoms with van der Waals surface area (Å²) in [4.78, 5) is 0. The maximum atomic E-state index is 5.71. The minimum atomic E-state index is 0.706. The van der Waals surface area contributed by atoms with Crippen LogP contribution in [0.15, 0.2) is 0 Å². The predicted octanol–water partition coefficient (Wildman–Crippen LogP) is 3.48. The molecule has 0 unspecified atom stereocenters. The van der Waals surface area contributed by atoms with Crippen LogP contribution in [0.5, 0.6) is 0 Å². The van der Waals surface area contributed by atoms with E-state index in [4.69, 9.17) is 5.73 Å². The molecule has 0 aromatic heterocycles. The predicted molar refractivity (Wildman–Crippen MR) is 61.1 cm³/mol. The van der Waals surface area contributed by atoms with Crippen LogP contribution in [0.25, 0.3) is 0 Å². The fourth-order valence-electron chi connectivity index (χ4n) is 3.42. The average molecular weight is 195 g/mol. The highest BCUT2D eigenvalue weighted by molar-refractivity contribution is 4.88. The van der Waals surface area contributed by atoms with Crippen molar-refractivity contribution in [3.05, 3.63) is 0 Å². The van der Waals surface area contributed by atoms with Crippen LogP contribution in [0.1, 0.15) is 64.2 Å². The highest BCUT2D eigenvalue weighted by Crippen LogP contribution is 2.48. The molecule has 14 heavy (non-hydrogen) atoms. The molecule has 1 heteroatoms. The minimum Gasteiger partial charge on any atom is -0.330 e. The van der Waals surface area contributed by atoms with E-state index >= 15 is 0 Å². The van der Waals surface area contributed by atoms with Crippen LogP contribution in [0.2, 0.25) is 0 Å². The molecule has 0 saturated heterocycles. The van der Waals surface area contributed by atoms with E-state index in [0.717, 1.165) is 12.5 Å². The quantitative estimate of drug-likeness (QED) is 0.714. The largest absolute Gasteiger partial charge is 0.330 e. The summed E-state index contributed by atoms with van der Waals surface area (Å²) in [6, 6.07) is 0. The Morgan fingerprint density at radius 3 is 2.21 bits per heavy atom. The molecule has 0 bridgehead atoms. The summed E-state index contributed by atoms with van der Waals surface area (Å²) in [6.45, 7) is 0.907. The first kappa shape index (κ1) is 10.5. The van der Waals surface area contributed by atoms with Gasteiger partial charge >= 0.3 is 0 Å². The molecular weight excluding hydrogens is 170 g/mol. The van der Waals surface area contributed by atoms with E-state index in [1.807, 2.05) is 0 Å². The van der Waals surface area contributed by atoms with Gasteiger partial charge in [0.25, 0.3) is 0 Å². The van der Waals surface area contributed by atoms with Crippen LogP contribution in [-0.2, 0) is 0 Å². The molecule has 2 fully saturated rings. The van der Waals surface area contributed by atoms with E-state index in [0.29, 0.717) is 5.41 Å². The molecule has 0 atom stereocenters. The summed E-state index contributed by atoms with van der Waals surface area (Å²) in [5, 5.41) is 0. The third kappa shape index (κ3) is 2.31. The van der Waals surface area contributed by atoms with Crippen LogP contribution in [0.3, 0.4) is 0 Å². The van der Waals surface area contributed by atoms with E-state index in [9.17, 15) is 0 Å². The van der Waals surface area contributed by atoms with E-state index in [-0.39, 0.29) is 0 Å². The van der Waals surface area contributed by atoms with Gasteiger partial charge in [-0.15, -0.1) is 0 Å². The second-order valence-corrected chi connectivity index (χ2v) is 5.58. The van der Waals surface area contributed by atoms with Crippen LogP contribution in [0.4, 0.5) is 0 Å². The number of rotatable bonds is 5. The second kappa shape index (κ2) is 4.65. The highest BCUT2D eigenvalue weighted by atomic mass is 14.6. The van der Waals surface area contributed by atoms with Crippen molar-refractivity contribution in [2.75, 3.05) is 6.54 Å². The standard InChI is InChI=1S/C13H25N/c14-11-10-13(7-3-8-13)9-6-12-4-1-2-5-12/h12H,1-11,14H2. The Hall–Kier alpha value is -0.0400. The zero-order chi connectivity index (χ0) is 9.86. The van der Waals surface area contributed by atoms with Gasteiger partial charge in [0.1, 0.15) is 0 Å². The minimum absolute atomic E-state index is 0.706. The van der Waals surface area contributed by atoms with Crippen molar-refractivity contribution in [1.82, 2.24) is 0 Å². The summed E-state index contributed by atoms with van der Waals surface area (Å²) in [6.07, 6.45) is 14.7. The molecule has 0 spiro atoms. The molecule has 2 N–H and O–H groups in total. The third-order valence-corrected chi connectivity index (χ3v) is 4.65. The third-order valence-electron chi connectivity index (χ3n) is 4.65. The first-order chi connectivity index (χ1) is 6.85. The van der Waals surface area contributed by atoms with Gasteiger partial charge in [0.05, 0.1) is 0 Å². The maximum absolute atomic E-state index is 5.71. The van der Waals surface area contributed by atoms with Crippen LogP contribution >= 0.6 is 0 Å². The Morgan fingerprint density at radius 1 is 1.00 bits per heavy atom. The van der Waals surface area contributed by atoms with Gasteiger partial charge in [0.2, 0.25) is 0 Å². The van der Waals surface area contributed by atoms with E-state index < -0.39 is 0 Å². The van der Waals surface area contributed by atoms with Crippen molar-refractivity contribution >= 4 is 0 Å². The van der Waals surface area contributed by atoms with Crippen molar-refractivity contribution in [1.29, 1.82) is 0 Å². The molecule has 0 aliphatic heterocycles. The smallest absolute Gasteiger partial charge is 0.00720 e. The van der Waals surface area contributed by atoms with Gasteiger partial charge in [-0.3, -0.25) is 0 Å². The molecule has 2 rings (SSSR count). The highest BCUT2D eigenvalue weighted by Gasteiger charge is 2.36. The number of nitrogens with two attached hydrogens (primary N) is 1. The first-order valence-electron chi connectivity index (χ1n) is 6.55. The molecule has 2 aliphatic rings. The van der Waals surface area contributed by atoms with Gasteiger partial charge in [0.15, 0.2) is 0 Å². The summed E-state index contributed by atoms with van der Waals surface area (Å²) in [7, 11) is 0. The fourth-order valence-corrected chi connectivity index (χ4v) is 3.42. The molecule has 0 radical (unpaired) electrons. The zero-order valence-electron chi connectivity index (χ0n) is 9.43. The van der Waals surface area contributed by atoms with Gasteiger partial charge in [-0.05, 0) is 50.0 Å². The first-order valence-corrected chi connectivity index (χ1v) is 6.55. The van der Waals surface area contributed by atoms with Crippen molar-refractivity contribution in [3.8, 4) is 0 Å². The van der Waals surface area contributed by atoms with Gasteiger partial charge in [-0.25, -0.2) is 0 Å². The molecule has 1 nitrogen and oxygen atoms in total. The summed E-state index contributed by atoms with van der Waals surface area (Å²) >= 11 is 0. The summed E-state index contributed by atoms with van der Waals surface area (Å²) in [5.41, 5.74) is 6.41. The lowest BCUT2D eigenvalue weighted by atomic mass is 9.63. The van der Waals surface area contributed by atoms with Gasteiger partial charge < -0.3 is 5.73 Å². The maximum Gasteiger partial charge on any atom is -0.00720 e. The Labute approximate surface area is 88.4 Å². The molecule has 0 aromatic carbocycles. The van der Waals surface area contributed by atoms with E-state index in [1.54, 1.807) is 0 Å². The lowest BCUT2D eigenvalue weighted by Gasteiger charge is -2.42. The topological polar surface area (TPSA) is 26.0 Å². The van der Waals surface area contributed by atoms with Crippen molar-refractivity contribution in [2.45, 2.75) is 64.2 Å². The van der Waals surface area contributed by atoms with Gasteiger partial charge in [0, 0.05) is 0 Å². The van der Waals surface area contributed by atoms with Crippen LogP contribution in [0, 0.1) is 11.3 Å². The molecule has 2 aliphatic carbocycles. The average Bonchev–Trinajstić information content (AvgIpc) is 2.62. The Balaban J connectivity index is 1.71. The molecule has 2 saturated carbocycles. The Kier molecular flexibility index (Phi) is 3.48. The van der Waals surface area contributed by atoms with Crippen molar-refractivity contribution in [2.24, 2.45) is 17.1 Å². The van der Waals surface area contributed by atoms with E-state index in [2.05, 4.69) is 0 Å². The monoisotopic (exact) mass is 195 g/mol. The number of hydrogen-bond acceptors (Lipinski definition) is 1. The molecule has 0 aromatic rings. The molecule has 0 heterocycles. The van der Waals surface area contributed by atoms with Crippen LogP contribution < -0.4 is 5.73 Å². The van der Waals surface area contributed by atoms with Crippen LogP contribution in [-0.4, -0.2) is 6.54 Å². The number of hydrogen-bond donors (Lipinski definition) is 1. The molecule has 82 valence electrons. The molecule has 0 amide bonds. The second-order valence-electron chi connectivity index (χ2n) is 5.58. The van der Waals surface area contributed by atoms with E-state index in [1.165, 1.54) is 64.2 Å². The Bertz CT molecular complexity index is 166. The van der Waals surface area contributed by atoms with Crippen molar-refractivity contribution < 1.29 is 0 Å². The zero-order valence-corrected chi connectivity index (χ0v) is 9.43. The lowest BCUT2D eigenvalue weighted by Crippen LogP contribution is -2.32. The van der Waals surface area contributed by atoms with Crippen molar-refractivity contribution in [3.63, 3.8) is 0 Å². The fraction of sp³-hybridized carbons (Fsp3) is 1.00. The SMILES string of the molecule is NCCC1(CCC2CCCC2)CCC1. The summed E-state index contributed by atoms with van der Waals surface area (Å²) < 4.78 is 0. The molecular formula is C13H25N. The Morgan fingerprint density at radius 2 is 1.71 bits per heavy atom. The normalized spacial score (nSPS) is 26.4. The lowest BCUT2D eigenvalue weighted by molar-refractivity contribution is 0.0990. The summed E-state index contributed by atoms with van der Waals surface area (Å²) in [5.74, 6) is 1.07. The van der Waals surface area contributed by atoms with Gasteiger partial charge in [-0.2, -0.15) is 0 Å². The van der Waals surface area contributed by atoms with Gasteiger partial charge in [-0.1, -0.05) is 32.1 Å².